The van der Waals surface area contributed by atoms with Gasteiger partial charge in [-0.25, -0.2) is 9.59 Å². The topological polar surface area (TPSA) is 105 Å². The Morgan fingerprint density at radius 2 is 1.56 bits per heavy atom. The number of carboxylic acid groups (broad SMARTS) is 1. The van der Waals surface area contributed by atoms with E-state index in [4.69, 9.17) is 4.74 Å². The van der Waals surface area contributed by atoms with Gasteiger partial charge in [-0.3, -0.25) is 4.79 Å². The fourth-order valence-electron chi connectivity index (χ4n) is 4.39. The minimum Gasteiger partial charge on any atom is -0.480 e. The first-order valence-electron chi connectivity index (χ1n) is 11.9. The summed E-state index contributed by atoms with van der Waals surface area (Å²) < 4.78 is 5.52. The maximum absolute atomic E-state index is 12.3. The summed E-state index contributed by atoms with van der Waals surface area (Å²) in [6, 6.07) is 15.5. The van der Waals surface area contributed by atoms with Crippen LogP contribution in [-0.4, -0.2) is 42.3 Å². The average Bonchev–Trinajstić information content (AvgIpc) is 3.13. The average molecular weight is 467 g/mol. The zero-order valence-electron chi connectivity index (χ0n) is 20.0. The fraction of sp³-hybridized carbons (Fsp3) is 0.444. The number of hydrogen-bond acceptors (Lipinski definition) is 4. The Morgan fingerprint density at radius 3 is 2.12 bits per heavy atom. The molecule has 1 aliphatic rings. The first-order valence-corrected chi connectivity index (χ1v) is 11.9. The van der Waals surface area contributed by atoms with Crippen LogP contribution in [-0.2, 0) is 14.3 Å². The van der Waals surface area contributed by atoms with E-state index in [1.165, 1.54) is 11.1 Å². The minimum absolute atomic E-state index is 0.00916. The SMILES string of the molecule is CC(C)CC(NC(=O)C(C)CCCNC(=O)OCC1c2ccccc2-c2ccccc21)C(=O)O. The molecule has 0 radical (unpaired) electrons. The van der Waals surface area contributed by atoms with E-state index in [0.29, 0.717) is 25.8 Å². The predicted octanol–water partition coefficient (Wildman–Crippen LogP) is 4.56. The second kappa shape index (κ2) is 11.7. The molecule has 2 aromatic carbocycles. The highest BCUT2D eigenvalue weighted by molar-refractivity contribution is 5.84. The van der Waals surface area contributed by atoms with Crippen molar-refractivity contribution >= 4 is 18.0 Å². The molecule has 0 fully saturated rings. The summed E-state index contributed by atoms with van der Waals surface area (Å²) in [6.45, 7) is 6.23. The fourth-order valence-corrected chi connectivity index (χ4v) is 4.39. The van der Waals surface area contributed by atoms with Gasteiger partial charge in [-0.05, 0) is 47.4 Å². The second-order valence-corrected chi connectivity index (χ2v) is 9.32. The van der Waals surface area contributed by atoms with Gasteiger partial charge >= 0.3 is 12.1 Å². The third-order valence-corrected chi connectivity index (χ3v) is 6.20. The normalized spacial score (nSPS) is 14.1. The molecule has 0 bridgehead atoms. The maximum atomic E-state index is 12.3. The number of carbonyl (C=O) groups is 3. The van der Waals surface area contributed by atoms with Crippen LogP contribution in [0.2, 0.25) is 0 Å². The Bertz CT molecular complexity index is 974. The lowest BCUT2D eigenvalue weighted by Crippen LogP contribution is -2.44. The molecule has 1 aliphatic carbocycles. The first kappa shape index (κ1) is 25.3. The zero-order valence-corrected chi connectivity index (χ0v) is 20.0. The molecule has 2 amide bonds. The molecular formula is C27H34N2O5. The van der Waals surface area contributed by atoms with Crippen LogP contribution in [0.3, 0.4) is 0 Å². The summed E-state index contributed by atoms with van der Waals surface area (Å²) in [5, 5.41) is 14.7. The quantitative estimate of drug-likeness (QED) is 0.421. The van der Waals surface area contributed by atoms with Crippen LogP contribution < -0.4 is 10.6 Å². The summed E-state index contributed by atoms with van der Waals surface area (Å²) in [4.78, 5) is 35.9. The van der Waals surface area contributed by atoms with Crippen LogP contribution in [0.1, 0.15) is 57.1 Å². The zero-order chi connectivity index (χ0) is 24.7. The summed E-state index contributed by atoms with van der Waals surface area (Å²) in [6.07, 6.45) is 1.02. The standard InChI is InChI=1S/C27H34N2O5/c1-17(2)15-24(26(31)32)29-25(30)18(3)9-8-14-28-27(33)34-16-23-21-12-6-4-10-19(21)20-11-5-7-13-22(20)23/h4-7,10-13,17-18,23-24H,8-9,14-16H2,1-3H3,(H,28,33)(H,29,30)(H,31,32). The summed E-state index contributed by atoms with van der Waals surface area (Å²) in [5.41, 5.74) is 4.68. The number of ether oxygens (including phenoxy) is 1. The number of amides is 2. The van der Waals surface area contributed by atoms with Gasteiger partial charge in [0.25, 0.3) is 0 Å². The highest BCUT2D eigenvalue weighted by Crippen LogP contribution is 2.44. The Morgan fingerprint density at radius 1 is 0.971 bits per heavy atom. The molecule has 0 saturated heterocycles. The number of aliphatic carboxylic acids is 1. The predicted molar refractivity (Wildman–Crippen MR) is 130 cm³/mol. The molecule has 0 heterocycles. The molecule has 3 N–H and O–H groups in total. The van der Waals surface area contributed by atoms with Crippen LogP contribution in [0.25, 0.3) is 11.1 Å². The number of fused-ring (bicyclic) bond motifs is 3. The van der Waals surface area contributed by atoms with E-state index >= 15 is 0 Å². The van der Waals surface area contributed by atoms with Crippen molar-refractivity contribution in [1.29, 1.82) is 0 Å². The van der Waals surface area contributed by atoms with Crippen LogP contribution in [0.4, 0.5) is 4.79 Å². The molecule has 7 heteroatoms. The van der Waals surface area contributed by atoms with Crippen molar-refractivity contribution in [3.05, 3.63) is 59.7 Å². The molecule has 0 aromatic heterocycles. The maximum Gasteiger partial charge on any atom is 0.407 e. The Labute approximate surface area is 200 Å². The molecule has 7 nitrogen and oxygen atoms in total. The van der Waals surface area contributed by atoms with Crippen molar-refractivity contribution in [3.8, 4) is 11.1 Å². The Kier molecular flexibility index (Phi) is 8.68. The monoisotopic (exact) mass is 466 g/mol. The third kappa shape index (κ3) is 6.37. The summed E-state index contributed by atoms with van der Waals surface area (Å²) in [7, 11) is 0. The lowest BCUT2D eigenvalue weighted by atomic mass is 9.98. The minimum atomic E-state index is -1.02. The molecule has 182 valence electrons. The van der Waals surface area contributed by atoms with Gasteiger partial charge in [0.05, 0.1) is 0 Å². The van der Waals surface area contributed by atoms with Gasteiger partial charge in [0.15, 0.2) is 0 Å². The highest BCUT2D eigenvalue weighted by atomic mass is 16.5. The number of rotatable bonds is 11. The second-order valence-electron chi connectivity index (χ2n) is 9.32. The van der Waals surface area contributed by atoms with E-state index in [0.717, 1.165) is 11.1 Å². The Hall–Kier alpha value is -3.35. The molecule has 3 rings (SSSR count). The van der Waals surface area contributed by atoms with Crippen molar-refractivity contribution in [2.45, 2.75) is 52.0 Å². The highest BCUT2D eigenvalue weighted by Gasteiger charge is 2.29. The van der Waals surface area contributed by atoms with Crippen LogP contribution in [0.5, 0.6) is 0 Å². The third-order valence-electron chi connectivity index (χ3n) is 6.20. The number of alkyl carbamates (subject to hydrolysis) is 1. The van der Waals surface area contributed by atoms with Crippen LogP contribution in [0, 0.1) is 11.8 Å². The van der Waals surface area contributed by atoms with Gasteiger partial charge in [-0.15, -0.1) is 0 Å². The number of carboxylic acids is 1. The van der Waals surface area contributed by atoms with E-state index in [-0.39, 0.29) is 30.3 Å². The van der Waals surface area contributed by atoms with Gasteiger partial charge in [-0.2, -0.15) is 0 Å². The smallest absolute Gasteiger partial charge is 0.407 e. The summed E-state index contributed by atoms with van der Waals surface area (Å²) >= 11 is 0. The van der Waals surface area contributed by atoms with Crippen molar-refractivity contribution < 1.29 is 24.2 Å². The Balaban J connectivity index is 1.41. The number of hydrogen-bond donors (Lipinski definition) is 3. The van der Waals surface area contributed by atoms with Gasteiger partial charge in [0, 0.05) is 18.4 Å². The molecule has 2 unspecified atom stereocenters. The molecule has 0 saturated carbocycles. The summed E-state index contributed by atoms with van der Waals surface area (Å²) in [5.74, 6) is -1.48. The van der Waals surface area contributed by atoms with Gasteiger partial charge < -0.3 is 20.5 Å². The molecular weight excluding hydrogens is 432 g/mol. The molecule has 2 aromatic rings. The molecule has 2 atom stereocenters. The lowest BCUT2D eigenvalue weighted by molar-refractivity contribution is -0.142. The lowest BCUT2D eigenvalue weighted by Gasteiger charge is -2.19. The first-order chi connectivity index (χ1) is 16.3. The van der Waals surface area contributed by atoms with Crippen LogP contribution >= 0.6 is 0 Å². The van der Waals surface area contributed by atoms with E-state index in [9.17, 15) is 19.5 Å². The van der Waals surface area contributed by atoms with Crippen molar-refractivity contribution in [3.63, 3.8) is 0 Å². The van der Waals surface area contributed by atoms with Gasteiger partial charge in [-0.1, -0.05) is 69.3 Å². The van der Waals surface area contributed by atoms with E-state index in [1.807, 2.05) is 38.1 Å². The number of benzene rings is 2. The number of carbonyl (C=O) groups excluding carboxylic acids is 2. The molecule has 34 heavy (non-hydrogen) atoms. The molecule has 0 aliphatic heterocycles. The van der Waals surface area contributed by atoms with Crippen LogP contribution in [0.15, 0.2) is 48.5 Å². The van der Waals surface area contributed by atoms with E-state index < -0.39 is 18.1 Å². The van der Waals surface area contributed by atoms with Crippen molar-refractivity contribution in [2.24, 2.45) is 11.8 Å². The largest absolute Gasteiger partial charge is 0.480 e. The van der Waals surface area contributed by atoms with Crippen molar-refractivity contribution in [2.75, 3.05) is 13.2 Å². The molecule has 0 spiro atoms. The van der Waals surface area contributed by atoms with Gasteiger partial charge in [0.1, 0.15) is 12.6 Å². The van der Waals surface area contributed by atoms with Crippen molar-refractivity contribution in [1.82, 2.24) is 10.6 Å². The van der Waals surface area contributed by atoms with E-state index in [1.54, 1.807) is 6.92 Å². The number of nitrogens with one attached hydrogen (secondary N) is 2. The van der Waals surface area contributed by atoms with E-state index in [2.05, 4.69) is 34.9 Å². The van der Waals surface area contributed by atoms with Gasteiger partial charge in [0.2, 0.25) is 5.91 Å².